The lowest BCUT2D eigenvalue weighted by Gasteiger charge is -2.17. The Bertz CT molecular complexity index is 992. The first-order chi connectivity index (χ1) is 13.7. The third-order valence-corrected chi connectivity index (χ3v) is 4.58. The second-order valence-corrected chi connectivity index (χ2v) is 6.63. The predicted octanol–water partition coefficient (Wildman–Crippen LogP) is 1.97. The van der Waals surface area contributed by atoms with Gasteiger partial charge in [-0.2, -0.15) is 0 Å². The molecule has 0 radical (unpaired) electrons. The number of fused-ring (bicyclic) bond motifs is 7. The lowest BCUT2D eigenvalue weighted by Crippen LogP contribution is -2.46. The molecule has 1 atom stereocenters. The van der Waals surface area contributed by atoms with Gasteiger partial charge in [-0.25, -0.2) is 9.97 Å². The molecule has 0 unspecified atom stereocenters. The summed E-state index contributed by atoms with van der Waals surface area (Å²) in [5.41, 5.74) is 4.51. The molecule has 2 heterocycles. The molecule has 4 rings (SSSR count). The van der Waals surface area contributed by atoms with E-state index < -0.39 is 6.04 Å². The third kappa shape index (κ3) is 4.16. The number of carbonyl (C=O) groups is 1. The Hall–Kier alpha value is -3.29. The van der Waals surface area contributed by atoms with Crippen molar-refractivity contribution in [1.82, 2.24) is 20.6 Å². The molecular formula is C21H21N5O2. The van der Waals surface area contributed by atoms with Crippen LogP contribution in [0.4, 0.5) is 11.6 Å². The summed E-state index contributed by atoms with van der Waals surface area (Å²) in [6, 6.07) is 16.8. The number of aliphatic hydroxyl groups excluding tert-OH is 1. The summed E-state index contributed by atoms with van der Waals surface area (Å²) in [6.45, 7) is 0.545. The van der Waals surface area contributed by atoms with E-state index in [0.717, 1.165) is 28.1 Å². The zero-order valence-electron chi connectivity index (χ0n) is 15.2. The number of carbonyl (C=O) groups excluding carboxylic acids is 1. The topological polar surface area (TPSA) is 99.2 Å². The van der Waals surface area contributed by atoms with Crippen molar-refractivity contribution in [2.45, 2.75) is 19.1 Å². The Labute approximate surface area is 162 Å². The standard InChI is InChI=1S/C21H21N5O2/c27-13-19-20(28)24-12-14-3-1-5-16(9-14)18-7-8-22-21(26-18)25-17-6-2-4-15(10-17)11-23-19/h1-10,19,23,27H,11-13H2,(H,24,28)(H,22,25,26)/t19-/m0/s1. The van der Waals surface area contributed by atoms with Crippen molar-refractivity contribution in [2.24, 2.45) is 0 Å². The van der Waals surface area contributed by atoms with Crippen LogP contribution in [0, 0.1) is 0 Å². The van der Waals surface area contributed by atoms with Crippen molar-refractivity contribution in [3.05, 3.63) is 71.9 Å². The molecule has 0 aliphatic carbocycles. The summed E-state index contributed by atoms with van der Waals surface area (Å²) in [5, 5.41) is 18.8. The van der Waals surface area contributed by atoms with E-state index >= 15 is 0 Å². The second-order valence-electron chi connectivity index (χ2n) is 6.63. The molecule has 1 aliphatic heterocycles. The number of nitrogens with one attached hydrogen (secondary N) is 3. The van der Waals surface area contributed by atoms with Crippen molar-refractivity contribution in [3.63, 3.8) is 0 Å². The lowest BCUT2D eigenvalue weighted by atomic mass is 10.1. The van der Waals surface area contributed by atoms with Gasteiger partial charge < -0.3 is 15.7 Å². The van der Waals surface area contributed by atoms with E-state index in [4.69, 9.17) is 0 Å². The van der Waals surface area contributed by atoms with Crippen LogP contribution in [0.2, 0.25) is 0 Å². The Morgan fingerprint density at radius 3 is 2.71 bits per heavy atom. The largest absolute Gasteiger partial charge is 0.394 e. The van der Waals surface area contributed by atoms with Gasteiger partial charge in [0.05, 0.1) is 12.3 Å². The van der Waals surface area contributed by atoms with E-state index in [1.807, 2.05) is 54.6 Å². The van der Waals surface area contributed by atoms with Crippen LogP contribution in [0.25, 0.3) is 11.3 Å². The zero-order chi connectivity index (χ0) is 19.3. The van der Waals surface area contributed by atoms with Gasteiger partial charge in [0.25, 0.3) is 0 Å². The van der Waals surface area contributed by atoms with Crippen LogP contribution >= 0.6 is 0 Å². The minimum absolute atomic E-state index is 0.237. The van der Waals surface area contributed by atoms with Crippen molar-refractivity contribution in [2.75, 3.05) is 11.9 Å². The molecule has 0 saturated carbocycles. The quantitative estimate of drug-likeness (QED) is 0.519. The molecule has 2 aromatic carbocycles. The number of anilines is 2. The molecule has 1 amide bonds. The third-order valence-electron chi connectivity index (χ3n) is 4.58. The van der Waals surface area contributed by atoms with Crippen LogP contribution in [0.3, 0.4) is 0 Å². The summed E-state index contributed by atoms with van der Waals surface area (Å²) in [5.74, 6) is 0.278. The monoisotopic (exact) mass is 375 g/mol. The van der Waals surface area contributed by atoms with Crippen molar-refractivity contribution >= 4 is 17.5 Å². The van der Waals surface area contributed by atoms with Gasteiger partial charge in [0.1, 0.15) is 6.04 Å². The summed E-state index contributed by atoms with van der Waals surface area (Å²) in [7, 11) is 0. The van der Waals surface area contributed by atoms with Gasteiger partial charge in [0.15, 0.2) is 0 Å². The molecule has 6 bridgehead atoms. The zero-order valence-corrected chi connectivity index (χ0v) is 15.2. The molecule has 1 aliphatic rings. The van der Waals surface area contributed by atoms with Crippen LogP contribution in [-0.4, -0.2) is 33.6 Å². The maximum absolute atomic E-state index is 12.4. The molecule has 28 heavy (non-hydrogen) atoms. The van der Waals surface area contributed by atoms with Crippen LogP contribution < -0.4 is 16.0 Å². The van der Waals surface area contributed by atoms with Gasteiger partial charge in [0.2, 0.25) is 11.9 Å². The number of aliphatic hydroxyl groups is 1. The number of nitrogens with zero attached hydrogens (tertiary/aromatic N) is 2. The van der Waals surface area contributed by atoms with Gasteiger partial charge in [-0.15, -0.1) is 0 Å². The van der Waals surface area contributed by atoms with Crippen molar-refractivity contribution in [1.29, 1.82) is 0 Å². The van der Waals surface area contributed by atoms with E-state index in [-0.39, 0.29) is 12.5 Å². The van der Waals surface area contributed by atoms with Crippen LogP contribution in [-0.2, 0) is 17.9 Å². The maximum Gasteiger partial charge on any atom is 0.239 e. The lowest BCUT2D eigenvalue weighted by molar-refractivity contribution is -0.124. The first-order valence-electron chi connectivity index (χ1n) is 9.11. The average molecular weight is 375 g/mol. The summed E-state index contributed by atoms with van der Waals surface area (Å²) in [6.07, 6.45) is 1.72. The van der Waals surface area contributed by atoms with Crippen LogP contribution in [0.1, 0.15) is 11.1 Å². The highest BCUT2D eigenvalue weighted by Crippen LogP contribution is 2.21. The molecule has 1 aromatic heterocycles. The Balaban J connectivity index is 1.73. The number of hydrogen-bond acceptors (Lipinski definition) is 6. The number of aromatic nitrogens is 2. The fourth-order valence-corrected chi connectivity index (χ4v) is 3.10. The van der Waals surface area contributed by atoms with Crippen LogP contribution in [0.5, 0.6) is 0 Å². The minimum atomic E-state index is -0.677. The first kappa shape index (κ1) is 18.1. The van der Waals surface area contributed by atoms with Gasteiger partial charge in [-0.05, 0) is 35.4 Å². The van der Waals surface area contributed by atoms with Crippen LogP contribution in [0.15, 0.2) is 60.8 Å². The molecule has 142 valence electrons. The molecule has 3 aromatic rings. The minimum Gasteiger partial charge on any atom is -0.394 e. The summed E-state index contributed by atoms with van der Waals surface area (Å²) < 4.78 is 0. The smallest absolute Gasteiger partial charge is 0.239 e. The van der Waals surface area contributed by atoms with E-state index in [1.54, 1.807) is 6.20 Å². The molecule has 0 saturated heterocycles. The highest BCUT2D eigenvalue weighted by Gasteiger charge is 2.17. The molecule has 4 N–H and O–H groups in total. The highest BCUT2D eigenvalue weighted by molar-refractivity contribution is 5.81. The average Bonchev–Trinajstić information content (AvgIpc) is 2.73. The Morgan fingerprint density at radius 2 is 1.86 bits per heavy atom. The molecule has 0 fully saturated rings. The summed E-state index contributed by atoms with van der Waals surface area (Å²) >= 11 is 0. The Kier molecular flexibility index (Phi) is 5.27. The molecule has 0 spiro atoms. The van der Waals surface area contributed by atoms with E-state index in [0.29, 0.717) is 19.0 Å². The van der Waals surface area contributed by atoms with Gasteiger partial charge in [0, 0.05) is 30.5 Å². The van der Waals surface area contributed by atoms with Gasteiger partial charge in [-0.1, -0.05) is 30.3 Å². The highest BCUT2D eigenvalue weighted by atomic mass is 16.3. The molecule has 7 heteroatoms. The van der Waals surface area contributed by atoms with Gasteiger partial charge >= 0.3 is 0 Å². The van der Waals surface area contributed by atoms with E-state index in [1.165, 1.54) is 0 Å². The van der Waals surface area contributed by atoms with E-state index in [9.17, 15) is 9.90 Å². The first-order valence-corrected chi connectivity index (χ1v) is 9.11. The fraction of sp³-hybridized carbons (Fsp3) is 0.190. The van der Waals surface area contributed by atoms with Gasteiger partial charge in [-0.3, -0.25) is 10.1 Å². The van der Waals surface area contributed by atoms with Crippen molar-refractivity contribution < 1.29 is 9.90 Å². The Morgan fingerprint density at radius 1 is 1.04 bits per heavy atom. The number of rotatable bonds is 1. The maximum atomic E-state index is 12.4. The molecular weight excluding hydrogens is 354 g/mol. The number of hydrogen-bond donors (Lipinski definition) is 4. The number of benzene rings is 2. The fourth-order valence-electron chi connectivity index (χ4n) is 3.10. The number of amides is 1. The van der Waals surface area contributed by atoms with E-state index in [2.05, 4.69) is 25.9 Å². The normalized spacial score (nSPS) is 16.8. The predicted molar refractivity (Wildman–Crippen MR) is 107 cm³/mol. The second kappa shape index (κ2) is 8.16. The summed E-state index contributed by atoms with van der Waals surface area (Å²) in [4.78, 5) is 21.4. The van der Waals surface area contributed by atoms with Crippen molar-refractivity contribution in [3.8, 4) is 11.3 Å². The molecule has 7 nitrogen and oxygen atoms in total. The SMILES string of the molecule is O=C1NCc2cccc(c2)-c2ccnc(n2)Nc2cccc(c2)CN[C@H]1CO.